The first-order valence-corrected chi connectivity index (χ1v) is 7.79. The largest absolute Gasteiger partial charge is 0.436 e. The van der Waals surface area contributed by atoms with Gasteiger partial charge in [-0.1, -0.05) is 31.5 Å². The minimum absolute atomic E-state index is 0.459. The lowest BCUT2D eigenvalue weighted by Crippen LogP contribution is -2.21. The van der Waals surface area contributed by atoms with Gasteiger partial charge in [0.1, 0.15) is 5.76 Å². The van der Waals surface area contributed by atoms with Crippen molar-refractivity contribution in [2.24, 2.45) is 0 Å². The predicted molar refractivity (Wildman–Crippen MR) is 83.5 cm³/mol. The molecule has 0 radical (unpaired) electrons. The molecule has 0 atom stereocenters. The molecule has 0 aliphatic carbocycles. The van der Waals surface area contributed by atoms with Gasteiger partial charge in [-0.15, -0.1) is 0 Å². The first-order chi connectivity index (χ1) is 9.45. The minimum Gasteiger partial charge on any atom is -0.436 e. The van der Waals surface area contributed by atoms with Crippen LogP contribution in [0.2, 0.25) is 5.02 Å². The summed E-state index contributed by atoms with van der Waals surface area (Å²) in [6, 6.07) is 6.54. The standard InChI is InChI=1S/C15H19ClN2OS/c1-9(2)17-8-12-5-6-14(13(16)7-12)20-15-18-10(3)11(4)19-15/h5-7,9,17H,8H2,1-4H3. The van der Waals surface area contributed by atoms with E-state index in [1.54, 1.807) is 0 Å². The summed E-state index contributed by atoms with van der Waals surface area (Å²) >= 11 is 7.78. The number of nitrogens with zero attached hydrogens (tertiary/aromatic N) is 1. The molecule has 5 heteroatoms. The number of oxazole rings is 1. The highest BCUT2D eigenvalue weighted by molar-refractivity contribution is 7.99. The van der Waals surface area contributed by atoms with Gasteiger partial charge in [-0.3, -0.25) is 0 Å². The van der Waals surface area contributed by atoms with Crippen LogP contribution in [-0.2, 0) is 6.54 Å². The molecule has 1 aromatic carbocycles. The summed E-state index contributed by atoms with van der Waals surface area (Å²) in [6.07, 6.45) is 0. The Morgan fingerprint density at radius 1 is 1.35 bits per heavy atom. The zero-order valence-electron chi connectivity index (χ0n) is 12.2. The van der Waals surface area contributed by atoms with Gasteiger partial charge >= 0.3 is 0 Å². The number of aryl methyl sites for hydroxylation is 2. The maximum absolute atomic E-state index is 6.32. The van der Waals surface area contributed by atoms with Crippen LogP contribution >= 0.6 is 23.4 Å². The molecule has 3 nitrogen and oxygen atoms in total. The lowest BCUT2D eigenvalue weighted by Gasteiger charge is -2.09. The lowest BCUT2D eigenvalue weighted by molar-refractivity contribution is 0.431. The normalized spacial score (nSPS) is 11.3. The van der Waals surface area contributed by atoms with E-state index in [9.17, 15) is 0 Å². The van der Waals surface area contributed by atoms with E-state index in [2.05, 4.69) is 30.2 Å². The van der Waals surface area contributed by atoms with Crippen LogP contribution in [0.3, 0.4) is 0 Å². The van der Waals surface area contributed by atoms with Gasteiger partial charge in [0, 0.05) is 17.5 Å². The van der Waals surface area contributed by atoms with E-state index in [1.165, 1.54) is 17.3 Å². The predicted octanol–water partition coefficient (Wildman–Crippen LogP) is 4.59. The lowest BCUT2D eigenvalue weighted by atomic mass is 10.2. The molecular weight excluding hydrogens is 292 g/mol. The molecule has 2 aromatic rings. The number of aromatic nitrogens is 1. The summed E-state index contributed by atoms with van der Waals surface area (Å²) < 4.78 is 5.56. The Balaban J connectivity index is 2.09. The smallest absolute Gasteiger partial charge is 0.261 e. The molecule has 0 fully saturated rings. The zero-order valence-corrected chi connectivity index (χ0v) is 13.7. The fourth-order valence-corrected chi connectivity index (χ4v) is 2.79. The maximum Gasteiger partial charge on any atom is 0.261 e. The summed E-state index contributed by atoms with van der Waals surface area (Å²) in [6.45, 7) is 8.91. The van der Waals surface area contributed by atoms with Crippen molar-refractivity contribution >= 4 is 23.4 Å². The highest BCUT2D eigenvalue weighted by Gasteiger charge is 2.10. The van der Waals surface area contributed by atoms with Gasteiger partial charge in [0.15, 0.2) is 0 Å². The number of nitrogens with one attached hydrogen (secondary N) is 1. The second kappa shape index (κ2) is 6.66. The van der Waals surface area contributed by atoms with Crippen LogP contribution in [0.4, 0.5) is 0 Å². The van der Waals surface area contributed by atoms with Gasteiger partial charge < -0.3 is 9.73 Å². The van der Waals surface area contributed by atoms with E-state index in [1.807, 2.05) is 26.0 Å². The first-order valence-electron chi connectivity index (χ1n) is 6.59. The quantitative estimate of drug-likeness (QED) is 0.876. The van der Waals surface area contributed by atoms with Crippen LogP contribution in [0.15, 0.2) is 32.7 Å². The summed E-state index contributed by atoms with van der Waals surface area (Å²) in [5.41, 5.74) is 2.09. The summed E-state index contributed by atoms with van der Waals surface area (Å²) in [5, 5.41) is 4.74. The maximum atomic E-state index is 6.32. The van der Waals surface area contributed by atoms with Crippen LogP contribution in [-0.4, -0.2) is 11.0 Å². The molecule has 20 heavy (non-hydrogen) atoms. The van der Waals surface area contributed by atoms with Gasteiger partial charge in [0.2, 0.25) is 0 Å². The van der Waals surface area contributed by atoms with Gasteiger partial charge in [-0.2, -0.15) is 0 Å². The third-order valence-electron chi connectivity index (χ3n) is 2.92. The zero-order chi connectivity index (χ0) is 14.7. The Bertz CT molecular complexity index is 576. The Labute approximate surface area is 129 Å². The number of hydrogen-bond donors (Lipinski definition) is 1. The third kappa shape index (κ3) is 4.01. The number of rotatable bonds is 5. The molecule has 0 bridgehead atoms. The van der Waals surface area contributed by atoms with Crippen LogP contribution in [0, 0.1) is 13.8 Å². The average molecular weight is 311 g/mol. The van der Waals surface area contributed by atoms with Gasteiger partial charge in [0.05, 0.1) is 10.7 Å². The molecular formula is C15H19ClN2OS. The fourth-order valence-electron chi connectivity index (χ4n) is 1.64. The van der Waals surface area contributed by atoms with E-state index >= 15 is 0 Å². The molecule has 0 saturated heterocycles. The Kier molecular flexibility index (Phi) is 5.13. The average Bonchev–Trinajstić information content (AvgIpc) is 2.69. The van der Waals surface area contributed by atoms with Crippen LogP contribution in [0.1, 0.15) is 30.9 Å². The van der Waals surface area contributed by atoms with Gasteiger partial charge in [-0.25, -0.2) is 4.98 Å². The molecule has 1 N–H and O–H groups in total. The Morgan fingerprint density at radius 2 is 2.10 bits per heavy atom. The molecule has 0 aliphatic heterocycles. The van der Waals surface area contributed by atoms with E-state index in [4.69, 9.17) is 16.0 Å². The number of hydrogen-bond acceptors (Lipinski definition) is 4. The van der Waals surface area contributed by atoms with Gasteiger partial charge in [-0.05, 0) is 43.3 Å². The van der Waals surface area contributed by atoms with E-state index < -0.39 is 0 Å². The highest BCUT2D eigenvalue weighted by atomic mass is 35.5. The van der Waals surface area contributed by atoms with Crippen molar-refractivity contribution in [3.63, 3.8) is 0 Å². The molecule has 0 amide bonds. The number of halogens is 1. The fraction of sp³-hybridized carbons (Fsp3) is 0.400. The summed E-state index contributed by atoms with van der Waals surface area (Å²) in [7, 11) is 0. The van der Waals surface area contributed by atoms with Crippen LogP contribution in [0.25, 0.3) is 0 Å². The van der Waals surface area contributed by atoms with E-state index in [-0.39, 0.29) is 0 Å². The van der Waals surface area contributed by atoms with Crippen molar-refractivity contribution in [2.45, 2.75) is 50.4 Å². The minimum atomic E-state index is 0.459. The van der Waals surface area contributed by atoms with Gasteiger partial charge in [0.25, 0.3) is 5.22 Å². The molecule has 0 spiro atoms. The monoisotopic (exact) mass is 310 g/mol. The van der Waals surface area contributed by atoms with Crippen molar-refractivity contribution in [3.05, 3.63) is 40.2 Å². The molecule has 0 aliphatic rings. The van der Waals surface area contributed by atoms with E-state index in [0.29, 0.717) is 11.3 Å². The van der Waals surface area contributed by atoms with Crippen molar-refractivity contribution in [1.82, 2.24) is 10.3 Å². The summed E-state index contributed by atoms with van der Waals surface area (Å²) in [5.74, 6) is 0.848. The van der Waals surface area contributed by atoms with Crippen molar-refractivity contribution in [1.29, 1.82) is 0 Å². The number of benzene rings is 1. The highest BCUT2D eigenvalue weighted by Crippen LogP contribution is 2.34. The molecule has 1 aromatic heterocycles. The molecule has 108 valence electrons. The third-order valence-corrected chi connectivity index (χ3v) is 4.27. The molecule has 0 saturated carbocycles. The van der Waals surface area contributed by atoms with Crippen molar-refractivity contribution < 1.29 is 4.42 Å². The molecule has 1 heterocycles. The van der Waals surface area contributed by atoms with Crippen LogP contribution in [0.5, 0.6) is 0 Å². The van der Waals surface area contributed by atoms with Crippen molar-refractivity contribution in [3.8, 4) is 0 Å². The Hall–Kier alpha value is -0.970. The second-order valence-electron chi connectivity index (χ2n) is 5.02. The molecule has 0 unspecified atom stereocenters. The van der Waals surface area contributed by atoms with Crippen molar-refractivity contribution in [2.75, 3.05) is 0 Å². The first kappa shape index (κ1) is 15.4. The second-order valence-corrected chi connectivity index (χ2v) is 6.42. The SMILES string of the molecule is Cc1nc(Sc2ccc(CNC(C)C)cc2Cl)oc1C. The summed E-state index contributed by atoms with van der Waals surface area (Å²) in [4.78, 5) is 5.31. The van der Waals surface area contributed by atoms with Crippen LogP contribution < -0.4 is 5.32 Å². The van der Waals surface area contributed by atoms with E-state index in [0.717, 1.165) is 27.9 Å². The topological polar surface area (TPSA) is 38.1 Å². The molecule has 2 rings (SSSR count). The Morgan fingerprint density at radius 3 is 2.65 bits per heavy atom.